The molecule has 2 saturated heterocycles. The molecule has 8 heteroatoms. The van der Waals surface area contributed by atoms with E-state index in [1.807, 2.05) is 29.6 Å². The fourth-order valence-electron chi connectivity index (χ4n) is 4.19. The molecular weight excluding hydrogens is 390 g/mol. The van der Waals surface area contributed by atoms with Crippen LogP contribution in [0.25, 0.3) is 11.3 Å². The number of benzene rings is 1. The lowest BCUT2D eigenvalue weighted by atomic mass is 9.86. The molecule has 1 spiro atoms. The molecule has 156 valence electrons. The highest BCUT2D eigenvalue weighted by atomic mass is 32.1. The topological polar surface area (TPSA) is 72.9 Å². The third kappa shape index (κ3) is 4.45. The van der Waals surface area contributed by atoms with Crippen LogP contribution in [0.2, 0.25) is 0 Å². The third-order valence-corrected chi connectivity index (χ3v) is 6.54. The Balaban J connectivity index is 1.32. The minimum absolute atomic E-state index is 0.00749. The molecule has 0 aliphatic carbocycles. The molecule has 4 rings (SSSR count). The zero-order chi connectivity index (χ0) is 20.3. The molecule has 1 amide bonds. The van der Waals surface area contributed by atoms with E-state index in [-0.39, 0.29) is 17.6 Å². The smallest absolute Gasteiger partial charge is 0.240 e. The van der Waals surface area contributed by atoms with Gasteiger partial charge in [0.05, 0.1) is 31.1 Å². The van der Waals surface area contributed by atoms with Crippen LogP contribution in [0.5, 0.6) is 5.75 Å². The fourth-order valence-corrected chi connectivity index (χ4v) is 4.93. The number of anilines is 1. The molecule has 29 heavy (non-hydrogen) atoms. The van der Waals surface area contributed by atoms with E-state index in [2.05, 4.69) is 15.2 Å². The number of piperidine rings is 1. The minimum atomic E-state index is -0.162. The first-order valence-corrected chi connectivity index (χ1v) is 10.8. The molecule has 2 aromatic rings. The van der Waals surface area contributed by atoms with Crippen LogP contribution >= 0.6 is 11.3 Å². The van der Waals surface area contributed by atoms with Gasteiger partial charge in [0.2, 0.25) is 5.91 Å². The van der Waals surface area contributed by atoms with Crippen molar-refractivity contribution in [2.75, 3.05) is 45.8 Å². The minimum Gasteiger partial charge on any atom is -0.497 e. The molecule has 2 atom stereocenters. The van der Waals surface area contributed by atoms with E-state index in [0.717, 1.165) is 49.4 Å². The second kappa shape index (κ2) is 8.79. The van der Waals surface area contributed by atoms with Crippen LogP contribution in [0, 0.1) is 0 Å². The summed E-state index contributed by atoms with van der Waals surface area (Å²) in [6.45, 7) is 2.68. The maximum atomic E-state index is 12.5. The monoisotopic (exact) mass is 417 g/mol. The summed E-state index contributed by atoms with van der Waals surface area (Å²) in [5, 5.41) is 5.48. The number of rotatable bonds is 6. The predicted octanol–water partition coefficient (Wildman–Crippen LogP) is 3.03. The molecule has 1 aromatic carbocycles. The Morgan fingerprint density at radius 1 is 1.34 bits per heavy atom. The largest absolute Gasteiger partial charge is 0.497 e. The second-order valence-corrected chi connectivity index (χ2v) is 8.40. The van der Waals surface area contributed by atoms with Crippen LogP contribution < -0.4 is 10.1 Å². The van der Waals surface area contributed by atoms with Crippen LogP contribution in [0.15, 0.2) is 29.6 Å². The van der Waals surface area contributed by atoms with Crippen molar-refractivity contribution in [1.82, 2.24) is 9.88 Å². The van der Waals surface area contributed by atoms with Gasteiger partial charge in [-0.15, -0.1) is 11.3 Å². The molecule has 0 radical (unpaired) electrons. The normalized spacial score (nSPS) is 24.7. The van der Waals surface area contributed by atoms with Gasteiger partial charge in [0.25, 0.3) is 0 Å². The van der Waals surface area contributed by atoms with Gasteiger partial charge >= 0.3 is 0 Å². The average Bonchev–Trinajstić information content (AvgIpc) is 3.40. The van der Waals surface area contributed by atoms with Crippen molar-refractivity contribution in [2.45, 2.75) is 31.0 Å². The molecule has 1 N–H and O–H groups in total. The molecule has 0 saturated carbocycles. The number of thiazole rings is 1. The number of ether oxygens (including phenoxy) is 3. The van der Waals surface area contributed by atoms with Gasteiger partial charge in [0.15, 0.2) is 5.13 Å². The van der Waals surface area contributed by atoms with Crippen LogP contribution in [-0.2, 0) is 14.3 Å². The van der Waals surface area contributed by atoms with E-state index in [0.29, 0.717) is 18.2 Å². The summed E-state index contributed by atoms with van der Waals surface area (Å²) in [7, 11) is 3.37. The SMILES string of the molecule is COc1ccc(-c2csc(NC(=O)CN3CC[C@]4(CCCO4)[C@@H](OC)C3)n2)cc1. The van der Waals surface area contributed by atoms with Crippen molar-refractivity contribution in [2.24, 2.45) is 0 Å². The molecule has 1 aromatic heterocycles. The number of carbonyl (C=O) groups excluding carboxylic acids is 1. The number of nitrogens with zero attached hydrogens (tertiary/aromatic N) is 2. The summed E-state index contributed by atoms with van der Waals surface area (Å²) in [5.41, 5.74) is 1.67. The van der Waals surface area contributed by atoms with Crippen LogP contribution in [-0.4, -0.2) is 68.0 Å². The van der Waals surface area contributed by atoms with Gasteiger partial charge in [-0.1, -0.05) is 0 Å². The Kier molecular flexibility index (Phi) is 6.15. The van der Waals surface area contributed by atoms with Crippen LogP contribution in [0.3, 0.4) is 0 Å². The highest BCUT2D eigenvalue weighted by Crippen LogP contribution is 2.37. The van der Waals surface area contributed by atoms with Gasteiger partial charge < -0.3 is 19.5 Å². The quantitative estimate of drug-likeness (QED) is 0.779. The summed E-state index contributed by atoms with van der Waals surface area (Å²) in [5.74, 6) is 0.747. The van der Waals surface area contributed by atoms with Crippen molar-refractivity contribution in [3.8, 4) is 17.0 Å². The number of hydrogen-bond acceptors (Lipinski definition) is 7. The number of carbonyl (C=O) groups is 1. The first-order valence-electron chi connectivity index (χ1n) is 9.91. The van der Waals surface area contributed by atoms with Crippen molar-refractivity contribution in [3.63, 3.8) is 0 Å². The van der Waals surface area contributed by atoms with E-state index >= 15 is 0 Å². The van der Waals surface area contributed by atoms with Gasteiger partial charge in [-0.25, -0.2) is 4.98 Å². The lowest BCUT2D eigenvalue weighted by Crippen LogP contribution is -2.57. The molecule has 2 fully saturated rings. The van der Waals surface area contributed by atoms with Crippen molar-refractivity contribution < 1.29 is 19.0 Å². The fraction of sp³-hybridized carbons (Fsp3) is 0.524. The molecule has 0 bridgehead atoms. The number of likely N-dealkylation sites (tertiary alicyclic amines) is 1. The number of amides is 1. The summed E-state index contributed by atoms with van der Waals surface area (Å²) >= 11 is 1.43. The molecular formula is C21H27N3O4S. The Labute approximate surface area is 175 Å². The van der Waals surface area contributed by atoms with Gasteiger partial charge in [0, 0.05) is 37.7 Å². The maximum absolute atomic E-state index is 12.5. The lowest BCUT2D eigenvalue weighted by molar-refractivity contribution is -0.145. The Morgan fingerprint density at radius 2 is 2.17 bits per heavy atom. The molecule has 0 unspecified atom stereocenters. The molecule has 7 nitrogen and oxygen atoms in total. The van der Waals surface area contributed by atoms with E-state index in [1.165, 1.54) is 11.3 Å². The Morgan fingerprint density at radius 3 is 2.86 bits per heavy atom. The van der Waals surface area contributed by atoms with Gasteiger partial charge in [-0.05, 0) is 43.5 Å². The standard InChI is InChI=1S/C21H27N3O4S/c1-26-16-6-4-15(5-7-16)17-14-29-20(22-17)23-19(25)13-24-10-9-21(8-3-11-28-21)18(12-24)27-2/h4-7,14,18H,3,8-13H2,1-2H3,(H,22,23,25)/t18-,21+/m0/s1. The van der Waals surface area contributed by atoms with E-state index < -0.39 is 0 Å². The number of aromatic nitrogens is 1. The second-order valence-electron chi connectivity index (χ2n) is 7.54. The highest BCUT2D eigenvalue weighted by Gasteiger charge is 2.46. The first kappa shape index (κ1) is 20.3. The van der Waals surface area contributed by atoms with Crippen LogP contribution in [0.1, 0.15) is 19.3 Å². The van der Waals surface area contributed by atoms with Crippen molar-refractivity contribution >= 4 is 22.4 Å². The maximum Gasteiger partial charge on any atom is 0.240 e. The van der Waals surface area contributed by atoms with E-state index in [1.54, 1.807) is 14.2 Å². The third-order valence-electron chi connectivity index (χ3n) is 5.78. The molecule has 3 heterocycles. The summed E-state index contributed by atoms with van der Waals surface area (Å²) in [6.07, 6.45) is 3.03. The summed E-state index contributed by atoms with van der Waals surface area (Å²) in [6, 6.07) is 7.71. The first-order chi connectivity index (χ1) is 14.1. The van der Waals surface area contributed by atoms with Gasteiger partial charge in [-0.2, -0.15) is 0 Å². The predicted molar refractivity (Wildman–Crippen MR) is 113 cm³/mol. The summed E-state index contributed by atoms with van der Waals surface area (Å²) in [4.78, 5) is 19.2. The van der Waals surface area contributed by atoms with Crippen molar-refractivity contribution in [1.29, 1.82) is 0 Å². The Bertz CT molecular complexity index is 833. The Hall–Kier alpha value is -2.00. The van der Waals surface area contributed by atoms with Gasteiger partial charge in [0.1, 0.15) is 5.75 Å². The number of hydrogen-bond donors (Lipinski definition) is 1. The highest BCUT2D eigenvalue weighted by molar-refractivity contribution is 7.14. The van der Waals surface area contributed by atoms with Gasteiger partial charge in [-0.3, -0.25) is 9.69 Å². The summed E-state index contributed by atoms with van der Waals surface area (Å²) < 4.78 is 16.9. The van der Waals surface area contributed by atoms with Crippen molar-refractivity contribution in [3.05, 3.63) is 29.6 Å². The zero-order valence-corrected chi connectivity index (χ0v) is 17.7. The molecule has 2 aliphatic rings. The lowest BCUT2D eigenvalue weighted by Gasteiger charge is -2.44. The van der Waals surface area contributed by atoms with Crippen LogP contribution in [0.4, 0.5) is 5.13 Å². The zero-order valence-electron chi connectivity index (χ0n) is 16.8. The molecule has 2 aliphatic heterocycles. The number of nitrogens with one attached hydrogen (secondary N) is 1. The number of methoxy groups -OCH3 is 2. The van der Waals surface area contributed by atoms with E-state index in [4.69, 9.17) is 14.2 Å². The van der Waals surface area contributed by atoms with E-state index in [9.17, 15) is 4.79 Å². The average molecular weight is 418 g/mol.